The van der Waals surface area contributed by atoms with Gasteiger partial charge < -0.3 is 0 Å². The Hall–Kier alpha value is -0.570. The molecule has 0 saturated carbocycles. The lowest BCUT2D eigenvalue weighted by Crippen LogP contribution is -2.35. The summed E-state index contributed by atoms with van der Waals surface area (Å²) in [4.78, 5) is 15.8. The van der Waals surface area contributed by atoms with Crippen LogP contribution < -0.4 is 0 Å². The third kappa shape index (κ3) is 1.42. The number of rotatable bonds is 0. The van der Waals surface area contributed by atoms with E-state index in [0.717, 1.165) is 6.42 Å². The molecule has 0 aromatic rings. The number of nitrogens with zero attached hydrogens (tertiary/aromatic N) is 1. The van der Waals surface area contributed by atoms with Crippen molar-refractivity contribution in [1.29, 1.82) is 0 Å². The third-order valence-electron chi connectivity index (χ3n) is 1.45. The van der Waals surface area contributed by atoms with Crippen LogP contribution in [0, 0.1) is 0 Å². The van der Waals surface area contributed by atoms with Gasteiger partial charge in [-0.2, -0.15) is 0 Å². The summed E-state index contributed by atoms with van der Waals surface area (Å²) in [5.41, 5.74) is 0. The number of hydroxylamine groups is 2. The van der Waals surface area contributed by atoms with Crippen molar-refractivity contribution >= 4 is 5.91 Å². The molecule has 0 spiro atoms. The van der Waals surface area contributed by atoms with Crippen molar-refractivity contribution in [3.63, 3.8) is 0 Å². The number of carbonyl (C=O) groups is 1. The first-order chi connectivity index (χ1) is 4.20. The van der Waals surface area contributed by atoms with E-state index < -0.39 is 0 Å². The van der Waals surface area contributed by atoms with Crippen LogP contribution in [0.2, 0.25) is 0 Å². The predicted molar refractivity (Wildman–Crippen MR) is 32.6 cm³/mol. The van der Waals surface area contributed by atoms with Gasteiger partial charge in [0, 0.05) is 13.5 Å². The molecular weight excluding hydrogens is 118 g/mol. The lowest BCUT2D eigenvalue weighted by Gasteiger charge is -2.26. The van der Waals surface area contributed by atoms with Crippen LogP contribution in [0.25, 0.3) is 0 Å². The number of hydrogen-bond donors (Lipinski definition) is 0. The van der Waals surface area contributed by atoms with E-state index in [1.807, 2.05) is 6.92 Å². The molecule has 0 aliphatic carbocycles. The molecule has 3 heteroatoms. The molecule has 9 heavy (non-hydrogen) atoms. The van der Waals surface area contributed by atoms with Crippen LogP contribution in [0.5, 0.6) is 0 Å². The maximum Gasteiger partial charge on any atom is 0.245 e. The van der Waals surface area contributed by atoms with Gasteiger partial charge in [0.05, 0.1) is 6.10 Å². The number of hydrogen-bond acceptors (Lipinski definition) is 2. The highest BCUT2D eigenvalue weighted by molar-refractivity contribution is 5.75. The van der Waals surface area contributed by atoms with E-state index in [-0.39, 0.29) is 12.0 Å². The van der Waals surface area contributed by atoms with Gasteiger partial charge in [0.2, 0.25) is 5.91 Å². The highest BCUT2D eigenvalue weighted by Crippen LogP contribution is 2.11. The van der Waals surface area contributed by atoms with Gasteiger partial charge in [-0.1, -0.05) is 0 Å². The molecule has 1 heterocycles. The Kier molecular flexibility index (Phi) is 1.71. The summed E-state index contributed by atoms with van der Waals surface area (Å²) in [5, 5.41) is 1.31. The Labute approximate surface area is 54.5 Å². The molecule has 52 valence electrons. The summed E-state index contributed by atoms with van der Waals surface area (Å²) < 4.78 is 0. The van der Waals surface area contributed by atoms with Gasteiger partial charge in [-0.15, -0.1) is 0 Å². The van der Waals surface area contributed by atoms with Crippen molar-refractivity contribution in [3.05, 3.63) is 0 Å². The molecule has 1 rings (SSSR count). The van der Waals surface area contributed by atoms with E-state index in [9.17, 15) is 4.79 Å². The zero-order valence-electron chi connectivity index (χ0n) is 5.76. The average Bonchev–Trinajstić information content (AvgIpc) is 1.80. The Bertz CT molecular complexity index is 124. The van der Waals surface area contributed by atoms with Crippen molar-refractivity contribution in [2.24, 2.45) is 0 Å². The van der Waals surface area contributed by atoms with Crippen LogP contribution >= 0.6 is 0 Å². The Morgan fingerprint density at radius 1 is 1.78 bits per heavy atom. The minimum absolute atomic E-state index is 0.0769. The molecule has 1 fully saturated rings. The molecule has 1 aliphatic rings. The first-order valence-electron chi connectivity index (χ1n) is 3.13. The van der Waals surface area contributed by atoms with Gasteiger partial charge >= 0.3 is 0 Å². The van der Waals surface area contributed by atoms with Crippen LogP contribution in [-0.4, -0.2) is 24.1 Å². The summed E-state index contributed by atoms with van der Waals surface area (Å²) in [6.45, 7) is 1.96. The van der Waals surface area contributed by atoms with Crippen LogP contribution in [0.3, 0.4) is 0 Å². The monoisotopic (exact) mass is 129 g/mol. The van der Waals surface area contributed by atoms with Crippen molar-refractivity contribution in [2.45, 2.75) is 25.9 Å². The van der Waals surface area contributed by atoms with Gasteiger partial charge in [0.1, 0.15) is 0 Å². The van der Waals surface area contributed by atoms with Gasteiger partial charge in [-0.25, -0.2) is 5.06 Å². The molecule has 1 unspecified atom stereocenters. The van der Waals surface area contributed by atoms with E-state index >= 15 is 0 Å². The van der Waals surface area contributed by atoms with Crippen molar-refractivity contribution in [1.82, 2.24) is 5.06 Å². The Balaban J connectivity index is 2.44. The number of carbonyl (C=O) groups excluding carboxylic acids is 1. The molecule has 3 nitrogen and oxygen atoms in total. The zero-order chi connectivity index (χ0) is 6.85. The van der Waals surface area contributed by atoms with Crippen LogP contribution in [0.15, 0.2) is 0 Å². The van der Waals surface area contributed by atoms with E-state index in [1.165, 1.54) is 5.06 Å². The zero-order valence-corrected chi connectivity index (χ0v) is 5.76. The second-order valence-corrected chi connectivity index (χ2v) is 2.35. The fraction of sp³-hybridized carbons (Fsp3) is 0.833. The molecule has 1 amide bonds. The maximum atomic E-state index is 10.7. The van der Waals surface area contributed by atoms with Crippen molar-refractivity contribution in [3.8, 4) is 0 Å². The Morgan fingerprint density at radius 3 is 2.89 bits per heavy atom. The van der Waals surface area contributed by atoms with E-state index in [1.54, 1.807) is 7.05 Å². The van der Waals surface area contributed by atoms with Gasteiger partial charge in [-0.05, 0) is 13.3 Å². The number of amides is 1. The first-order valence-corrected chi connectivity index (χ1v) is 3.13. The van der Waals surface area contributed by atoms with Crippen LogP contribution in [0.4, 0.5) is 0 Å². The van der Waals surface area contributed by atoms with E-state index in [4.69, 9.17) is 4.84 Å². The topological polar surface area (TPSA) is 29.5 Å². The summed E-state index contributed by atoms with van der Waals surface area (Å²) in [6.07, 6.45) is 1.67. The summed E-state index contributed by atoms with van der Waals surface area (Å²) in [7, 11) is 1.65. The standard InChI is InChI=1S/C6H11NO2/c1-5-3-4-6(8)7(2)9-5/h5H,3-4H2,1-2H3. The fourth-order valence-corrected chi connectivity index (χ4v) is 0.866. The molecule has 0 aromatic carbocycles. The molecular formula is C6H11NO2. The van der Waals surface area contributed by atoms with Gasteiger partial charge in [0.25, 0.3) is 0 Å². The molecule has 0 aromatic heterocycles. The van der Waals surface area contributed by atoms with Gasteiger partial charge in [0.15, 0.2) is 0 Å². The predicted octanol–water partition coefficient (Wildman–Crippen LogP) is 0.559. The molecule has 1 saturated heterocycles. The van der Waals surface area contributed by atoms with Crippen molar-refractivity contribution < 1.29 is 9.63 Å². The largest absolute Gasteiger partial charge is 0.273 e. The summed E-state index contributed by atoms with van der Waals surface area (Å²) in [5.74, 6) is 0.0769. The fourth-order valence-electron chi connectivity index (χ4n) is 0.866. The molecule has 1 atom stereocenters. The smallest absolute Gasteiger partial charge is 0.245 e. The quantitative estimate of drug-likeness (QED) is 0.478. The summed E-state index contributed by atoms with van der Waals surface area (Å²) >= 11 is 0. The molecule has 0 N–H and O–H groups in total. The normalized spacial score (nSPS) is 28.9. The average molecular weight is 129 g/mol. The minimum Gasteiger partial charge on any atom is -0.273 e. The van der Waals surface area contributed by atoms with Crippen LogP contribution in [-0.2, 0) is 9.63 Å². The molecule has 0 bridgehead atoms. The third-order valence-corrected chi connectivity index (χ3v) is 1.45. The van der Waals surface area contributed by atoms with Gasteiger partial charge in [-0.3, -0.25) is 9.63 Å². The van der Waals surface area contributed by atoms with Crippen molar-refractivity contribution in [2.75, 3.05) is 7.05 Å². The SMILES string of the molecule is CC1CCC(=O)N(C)O1. The second kappa shape index (κ2) is 2.35. The lowest BCUT2D eigenvalue weighted by atomic mass is 10.2. The molecule has 1 aliphatic heterocycles. The second-order valence-electron chi connectivity index (χ2n) is 2.35. The van der Waals surface area contributed by atoms with E-state index in [2.05, 4.69) is 0 Å². The Morgan fingerprint density at radius 2 is 2.44 bits per heavy atom. The lowest BCUT2D eigenvalue weighted by molar-refractivity contribution is -0.208. The van der Waals surface area contributed by atoms with E-state index in [0.29, 0.717) is 6.42 Å². The van der Waals surface area contributed by atoms with Crippen LogP contribution in [0.1, 0.15) is 19.8 Å². The molecule has 0 radical (unpaired) electrons. The minimum atomic E-state index is 0.0769. The first kappa shape index (κ1) is 6.55. The highest BCUT2D eigenvalue weighted by Gasteiger charge is 2.19. The highest BCUT2D eigenvalue weighted by atomic mass is 16.7. The maximum absolute atomic E-state index is 10.7. The summed E-state index contributed by atoms with van der Waals surface area (Å²) in [6, 6.07) is 0.